The maximum Gasteiger partial charge on any atom is 0.136 e. The van der Waals surface area contributed by atoms with Gasteiger partial charge in [-0.05, 0) is 98.8 Å². The molecule has 5 rings (SSSR count). The number of fused-ring (bicyclic) bond motifs is 1. The van der Waals surface area contributed by atoms with Gasteiger partial charge in [-0.3, -0.25) is 4.79 Å². The van der Waals surface area contributed by atoms with Gasteiger partial charge >= 0.3 is 0 Å². The summed E-state index contributed by atoms with van der Waals surface area (Å²) in [6.45, 7) is 2.20. The largest absolute Gasteiger partial charge is 0.487 e. The molecule has 3 heteroatoms. The minimum Gasteiger partial charge on any atom is -0.487 e. The van der Waals surface area contributed by atoms with E-state index in [0.29, 0.717) is 18.1 Å². The maximum absolute atomic E-state index is 13.1. The molecule has 0 bridgehead atoms. The number of hydrogen-bond donors (Lipinski definition) is 1. The van der Waals surface area contributed by atoms with Crippen molar-refractivity contribution in [1.82, 2.24) is 0 Å². The molecule has 188 valence electrons. The zero-order valence-corrected chi connectivity index (χ0v) is 21.4. The SMILES string of the molecule is CCc1ccc2c(c1)[C@@H](CC[C@@H](O)[C@@H](CC(=O)C1CCCC1)Cc1ccccc1)CC1(CCC1)O2. The first-order valence-corrected chi connectivity index (χ1v) is 14.1. The number of carbonyl (C=O) groups excluding carboxylic acids is 1. The average molecular weight is 475 g/mol. The second-order valence-corrected chi connectivity index (χ2v) is 11.5. The maximum atomic E-state index is 13.1. The summed E-state index contributed by atoms with van der Waals surface area (Å²) in [7, 11) is 0. The van der Waals surface area contributed by atoms with E-state index >= 15 is 0 Å². The third-order valence-electron chi connectivity index (χ3n) is 9.10. The normalized spacial score (nSPS) is 22.7. The summed E-state index contributed by atoms with van der Waals surface area (Å²) in [6, 6.07) is 17.1. The van der Waals surface area contributed by atoms with Crippen molar-refractivity contribution < 1.29 is 14.6 Å². The van der Waals surface area contributed by atoms with Crippen LogP contribution in [0, 0.1) is 11.8 Å². The molecule has 2 aromatic carbocycles. The van der Waals surface area contributed by atoms with Crippen LogP contribution in [0.15, 0.2) is 48.5 Å². The van der Waals surface area contributed by atoms with E-state index in [4.69, 9.17) is 4.74 Å². The van der Waals surface area contributed by atoms with Crippen LogP contribution in [-0.2, 0) is 17.6 Å². The van der Waals surface area contributed by atoms with E-state index in [2.05, 4.69) is 49.4 Å². The number of carbonyl (C=O) groups is 1. The van der Waals surface area contributed by atoms with Crippen LogP contribution in [0.4, 0.5) is 0 Å². The Labute approximate surface area is 211 Å². The topological polar surface area (TPSA) is 46.5 Å². The molecule has 1 N–H and O–H groups in total. The van der Waals surface area contributed by atoms with E-state index in [1.54, 1.807) is 0 Å². The molecule has 3 atom stereocenters. The van der Waals surface area contributed by atoms with Gasteiger partial charge in [0, 0.05) is 12.3 Å². The summed E-state index contributed by atoms with van der Waals surface area (Å²) >= 11 is 0. The van der Waals surface area contributed by atoms with E-state index in [1.165, 1.54) is 36.0 Å². The molecular formula is C32H42O3. The van der Waals surface area contributed by atoms with Gasteiger partial charge in [-0.15, -0.1) is 0 Å². The summed E-state index contributed by atoms with van der Waals surface area (Å²) in [4.78, 5) is 13.1. The molecule has 0 saturated heterocycles. The molecule has 2 aliphatic carbocycles. The van der Waals surface area contributed by atoms with E-state index in [1.807, 2.05) is 6.07 Å². The smallest absolute Gasteiger partial charge is 0.136 e. The Balaban J connectivity index is 1.30. The van der Waals surface area contributed by atoms with Crippen molar-refractivity contribution in [1.29, 1.82) is 0 Å². The molecule has 1 aliphatic heterocycles. The standard InChI is InChI=1S/C32H42O3/c1-2-23-13-16-31-28(20-23)26(22-32(35-31)17-8-18-32)14-15-29(33)27(19-24-9-4-3-5-10-24)21-30(34)25-11-6-7-12-25/h3-5,9-10,13,16,20,25-27,29,33H,2,6-8,11-12,14-15,17-19,21-22H2,1H3/t26-,27+,29+/m0/s1. The van der Waals surface area contributed by atoms with E-state index in [-0.39, 0.29) is 17.4 Å². The third kappa shape index (κ3) is 5.66. The third-order valence-corrected chi connectivity index (χ3v) is 9.10. The van der Waals surface area contributed by atoms with E-state index < -0.39 is 6.10 Å². The summed E-state index contributed by atoms with van der Waals surface area (Å²) in [5.74, 6) is 2.06. The van der Waals surface area contributed by atoms with E-state index in [0.717, 1.165) is 63.5 Å². The molecular weight excluding hydrogens is 432 g/mol. The van der Waals surface area contributed by atoms with Crippen molar-refractivity contribution in [3.8, 4) is 5.75 Å². The molecule has 1 heterocycles. The highest BCUT2D eigenvalue weighted by atomic mass is 16.5. The van der Waals surface area contributed by atoms with E-state index in [9.17, 15) is 9.90 Å². The summed E-state index contributed by atoms with van der Waals surface area (Å²) in [6.07, 6.45) is 12.6. The lowest BCUT2D eigenvalue weighted by Gasteiger charge is -2.48. The number of hydrogen-bond acceptors (Lipinski definition) is 3. The minimum absolute atomic E-state index is 0.00977. The molecule has 0 unspecified atom stereocenters. The number of benzene rings is 2. The van der Waals surface area contributed by atoms with Crippen LogP contribution in [0.1, 0.15) is 100 Å². The zero-order valence-electron chi connectivity index (χ0n) is 21.4. The van der Waals surface area contributed by atoms with Crippen molar-refractivity contribution in [3.05, 3.63) is 65.2 Å². The molecule has 3 aliphatic rings. The molecule has 3 nitrogen and oxygen atoms in total. The fourth-order valence-corrected chi connectivity index (χ4v) is 6.74. The lowest BCUT2D eigenvalue weighted by atomic mass is 9.69. The number of aliphatic hydroxyl groups excluding tert-OH is 1. The first kappa shape index (κ1) is 24.6. The molecule has 2 fully saturated rings. The lowest BCUT2D eigenvalue weighted by Crippen LogP contribution is -2.47. The average Bonchev–Trinajstić information content (AvgIpc) is 3.41. The predicted octanol–water partition coefficient (Wildman–Crippen LogP) is 7.19. The number of aliphatic hydroxyl groups is 1. The van der Waals surface area contributed by atoms with Gasteiger partial charge in [-0.25, -0.2) is 0 Å². The van der Waals surface area contributed by atoms with Crippen molar-refractivity contribution in [2.75, 3.05) is 0 Å². The highest BCUT2D eigenvalue weighted by Gasteiger charge is 2.45. The number of rotatable bonds is 10. The van der Waals surface area contributed by atoms with Gasteiger partial charge in [-0.2, -0.15) is 0 Å². The predicted molar refractivity (Wildman–Crippen MR) is 141 cm³/mol. The van der Waals surface area contributed by atoms with Crippen molar-refractivity contribution in [2.45, 2.75) is 108 Å². The Kier molecular flexibility index (Phi) is 7.62. The molecule has 35 heavy (non-hydrogen) atoms. The number of ketones is 1. The minimum atomic E-state index is -0.460. The Morgan fingerprint density at radius 2 is 1.83 bits per heavy atom. The molecule has 1 spiro atoms. The van der Waals surface area contributed by atoms with Gasteiger partial charge in [0.2, 0.25) is 0 Å². The fourth-order valence-electron chi connectivity index (χ4n) is 6.74. The number of ether oxygens (including phenoxy) is 1. The van der Waals surface area contributed by atoms with Crippen molar-refractivity contribution >= 4 is 5.78 Å². The Hall–Kier alpha value is -2.13. The van der Waals surface area contributed by atoms with Crippen molar-refractivity contribution in [2.24, 2.45) is 11.8 Å². The Morgan fingerprint density at radius 1 is 1.06 bits per heavy atom. The highest BCUT2D eigenvalue weighted by molar-refractivity contribution is 5.81. The molecule has 2 aromatic rings. The van der Waals surface area contributed by atoms with Gasteiger partial charge in [0.05, 0.1) is 6.10 Å². The molecule has 0 radical (unpaired) electrons. The van der Waals surface area contributed by atoms with Crippen LogP contribution in [0.3, 0.4) is 0 Å². The summed E-state index contributed by atoms with van der Waals surface area (Å²) < 4.78 is 6.52. The van der Waals surface area contributed by atoms with Crippen LogP contribution in [0.25, 0.3) is 0 Å². The van der Waals surface area contributed by atoms with Crippen molar-refractivity contribution in [3.63, 3.8) is 0 Å². The number of Topliss-reactive ketones (excluding diaryl/α,β-unsaturated/α-hetero) is 1. The Bertz CT molecular complexity index is 987. The summed E-state index contributed by atoms with van der Waals surface area (Å²) in [5, 5.41) is 11.5. The first-order chi connectivity index (χ1) is 17.0. The van der Waals surface area contributed by atoms with Gasteiger partial charge in [-0.1, -0.05) is 62.2 Å². The van der Waals surface area contributed by atoms with Gasteiger partial charge in [0.15, 0.2) is 0 Å². The first-order valence-electron chi connectivity index (χ1n) is 14.1. The van der Waals surface area contributed by atoms with Crippen LogP contribution >= 0.6 is 0 Å². The second-order valence-electron chi connectivity index (χ2n) is 11.5. The van der Waals surface area contributed by atoms with Crippen LogP contribution in [-0.4, -0.2) is 22.6 Å². The number of aryl methyl sites for hydroxylation is 1. The highest BCUT2D eigenvalue weighted by Crippen LogP contribution is 2.51. The lowest BCUT2D eigenvalue weighted by molar-refractivity contribution is -0.124. The van der Waals surface area contributed by atoms with Gasteiger partial charge < -0.3 is 9.84 Å². The summed E-state index contributed by atoms with van der Waals surface area (Å²) in [5.41, 5.74) is 3.91. The van der Waals surface area contributed by atoms with Crippen LogP contribution < -0.4 is 4.74 Å². The fraction of sp³-hybridized carbons (Fsp3) is 0.594. The molecule has 0 aromatic heterocycles. The monoisotopic (exact) mass is 474 g/mol. The second kappa shape index (κ2) is 10.9. The van der Waals surface area contributed by atoms with Crippen LogP contribution in [0.2, 0.25) is 0 Å². The van der Waals surface area contributed by atoms with Gasteiger partial charge in [0.1, 0.15) is 17.1 Å². The Morgan fingerprint density at radius 3 is 2.51 bits per heavy atom. The quantitative estimate of drug-likeness (QED) is 0.396. The molecule has 0 amide bonds. The molecule has 2 saturated carbocycles. The van der Waals surface area contributed by atoms with Crippen LogP contribution in [0.5, 0.6) is 5.75 Å². The zero-order chi connectivity index (χ0) is 24.3. The van der Waals surface area contributed by atoms with Gasteiger partial charge in [0.25, 0.3) is 0 Å².